The van der Waals surface area contributed by atoms with E-state index in [2.05, 4.69) is 130 Å². The maximum Gasteiger partial charge on any atom is 0.306 e. The number of rotatable bonds is 51. The van der Waals surface area contributed by atoms with Crippen molar-refractivity contribution in [1.82, 2.24) is 0 Å². The molecule has 0 aliphatic rings. The zero-order valence-electron chi connectivity index (χ0n) is 45.5. The predicted molar refractivity (Wildman–Crippen MR) is 302 cm³/mol. The van der Waals surface area contributed by atoms with Crippen molar-refractivity contribution in [3.63, 3.8) is 0 Å². The Kier molecular flexibility index (Phi) is 54.4. The third-order valence-corrected chi connectivity index (χ3v) is 12.0. The fourth-order valence-electron chi connectivity index (χ4n) is 7.69. The van der Waals surface area contributed by atoms with E-state index < -0.39 is 6.10 Å². The van der Waals surface area contributed by atoms with E-state index in [-0.39, 0.29) is 37.5 Å². The fourth-order valence-corrected chi connectivity index (χ4v) is 7.69. The highest BCUT2D eigenvalue weighted by Gasteiger charge is 2.19. The maximum absolute atomic E-state index is 12.9. The molecule has 0 bridgehead atoms. The van der Waals surface area contributed by atoms with E-state index in [0.29, 0.717) is 12.8 Å². The smallest absolute Gasteiger partial charge is 0.306 e. The van der Waals surface area contributed by atoms with E-state index in [4.69, 9.17) is 14.2 Å². The van der Waals surface area contributed by atoms with Crippen molar-refractivity contribution in [3.05, 3.63) is 109 Å². The summed E-state index contributed by atoms with van der Waals surface area (Å²) in [6.45, 7) is 6.45. The summed E-state index contributed by atoms with van der Waals surface area (Å²) in [6.07, 6.45) is 77.9. The van der Waals surface area contributed by atoms with Crippen molar-refractivity contribution in [2.24, 2.45) is 0 Å². The minimum absolute atomic E-state index is 0.101. The Morgan fingerprint density at radius 1 is 0.300 bits per heavy atom. The van der Waals surface area contributed by atoms with E-state index >= 15 is 0 Å². The van der Waals surface area contributed by atoms with Gasteiger partial charge in [-0.15, -0.1) is 0 Å². The number of unbranched alkanes of at least 4 members (excludes halogenated alkanes) is 22. The van der Waals surface area contributed by atoms with Gasteiger partial charge in [0.05, 0.1) is 0 Å². The summed E-state index contributed by atoms with van der Waals surface area (Å²) in [4.78, 5) is 38.2. The second-order valence-corrected chi connectivity index (χ2v) is 18.8. The molecule has 0 rings (SSSR count). The Balaban J connectivity index is 4.51. The highest BCUT2D eigenvalue weighted by atomic mass is 16.6. The van der Waals surface area contributed by atoms with Gasteiger partial charge in [-0.3, -0.25) is 14.4 Å². The minimum atomic E-state index is -0.810. The summed E-state index contributed by atoms with van der Waals surface area (Å²) in [5, 5.41) is 0. The van der Waals surface area contributed by atoms with Crippen molar-refractivity contribution in [2.45, 2.75) is 264 Å². The molecule has 0 saturated carbocycles. The quantitative estimate of drug-likeness (QED) is 0.0262. The Morgan fingerprint density at radius 3 is 0.900 bits per heavy atom. The summed E-state index contributed by atoms with van der Waals surface area (Å²) >= 11 is 0. The van der Waals surface area contributed by atoms with Gasteiger partial charge in [0, 0.05) is 19.3 Å². The molecule has 0 amide bonds. The fraction of sp³-hybridized carbons (Fsp3) is 0.672. The first-order valence-corrected chi connectivity index (χ1v) is 28.9. The van der Waals surface area contributed by atoms with Crippen LogP contribution in [0.15, 0.2) is 109 Å². The van der Waals surface area contributed by atoms with Crippen LogP contribution in [0.1, 0.15) is 258 Å². The molecule has 0 aliphatic carbocycles. The molecule has 6 heteroatoms. The lowest BCUT2D eigenvalue weighted by Gasteiger charge is -2.18. The summed E-state index contributed by atoms with van der Waals surface area (Å²) in [5.41, 5.74) is 0. The molecule has 0 fully saturated rings. The molecule has 0 aliphatic heterocycles. The number of carbonyl (C=O) groups excluding carboxylic acids is 3. The molecule has 0 aromatic heterocycles. The Morgan fingerprint density at radius 2 is 0.557 bits per heavy atom. The van der Waals surface area contributed by atoms with Crippen LogP contribution in [0.4, 0.5) is 0 Å². The first-order chi connectivity index (χ1) is 34.5. The molecule has 70 heavy (non-hydrogen) atoms. The van der Waals surface area contributed by atoms with Gasteiger partial charge in [-0.25, -0.2) is 0 Å². The number of esters is 3. The van der Waals surface area contributed by atoms with Crippen molar-refractivity contribution in [1.29, 1.82) is 0 Å². The lowest BCUT2D eigenvalue weighted by atomic mass is 10.0. The number of ether oxygens (including phenoxy) is 3. The highest BCUT2D eigenvalue weighted by Crippen LogP contribution is 2.15. The average molecular weight is 972 g/mol. The van der Waals surface area contributed by atoms with Crippen LogP contribution in [0, 0.1) is 0 Å². The second kappa shape index (κ2) is 57.6. The normalized spacial score (nSPS) is 12.9. The van der Waals surface area contributed by atoms with Crippen molar-refractivity contribution in [2.75, 3.05) is 13.2 Å². The van der Waals surface area contributed by atoms with E-state index in [1.54, 1.807) is 0 Å². The molecule has 1 atom stereocenters. The number of carbonyl (C=O) groups is 3. The molecule has 398 valence electrons. The molecule has 0 radical (unpaired) electrons. The van der Waals surface area contributed by atoms with Crippen LogP contribution in [0.5, 0.6) is 0 Å². The first-order valence-electron chi connectivity index (χ1n) is 28.9. The standard InChI is InChI=1S/C64H106O6/c1-4-7-10-13-16-19-22-25-28-30-32-34-36-39-42-45-48-51-54-57-63(66)69-60-61(59-68-62(65)56-53-50-47-44-41-38-27-24-21-18-15-12-9-6-3)70-64(67)58-55-52-49-46-43-40-37-35-33-31-29-26-23-20-17-14-11-8-5-2/h7,10,16-17,19-20,25-26,28-29,32-35,39-40,42-43,61H,4-6,8-9,11-15,18,21-24,27,30-31,36-38,41,44-60H2,1-3H3/b10-7-,19-16-,20-17-,28-25-,29-26-,34-32-,35-33-,42-39-,43-40-/t61-/m1/s1. The van der Waals surface area contributed by atoms with Gasteiger partial charge in [-0.2, -0.15) is 0 Å². The molecule has 0 N–H and O–H groups in total. The van der Waals surface area contributed by atoms with Crippen LogP contribution in [0.2, 0.25) is 0 Å². The zero-order chi connectivity index (χ0) is 50.7. The van der Waals surface area contributed by atoms with E-state index in [9.17, 15) is 14.4 Å². The minimum Gasteiger partial charge on any atom is -0.462 e. The summed E-state index contributed by atoms with van der Waals surface area (Å²) in [6, 6.07) is 0. The molecule has 0 aromatic rings. The van der Waals surface area contributed by atoms with Gasteiger partial charge < -0.3 is 14.2 Å². The SMILES string of the molecule is CC/C=C\C/C=C\C/C=C\C/C=C\C/C=C\CCCCCC(=O)OC[C@@H](COC(=O)CCCCCCCCCCCCCCCC)OC(=O)CCCCC/C=C\C/C=C\C/C=C\C/C=C\CCCCC. The number of hydrogen-bond donors (Lipinski definition) is 0. The molecule has 0 saturated heterocycles. The maximum atomic E-state index is 12.9. The lowest BCUT2D eigenvalue weighted by molar-refractivity contribution is -0.167. The first kappa shape index (κ1) is 66.1. The third kappa shape index (κ3) is 55.0. The van der Waals surface area contributed by atoms with Crippen molar-refractivity contribution >= 4 is 17.9 Å². The van der Waals surface area contributed by atoms with E-state index in [1.807, 2.05) is 0 Å². The summed E-state index contributed by atoms with van der Waals surface area (Å²) in [5.74, 6) is -0.964. The van der Waals surface area contributed by atoms with Crippen LogP contribution in [0.25, 0.3) is 0 Å². The van der Waals surface area contributed by atoms with Gasteiger partial charge >= 0.3 is 17.9 Å². The van der Waals surface area contributed by atoms with E-state index in [0.717, 1.165) is 122 Å². The van der Waals surface area contributed by atoms with Gasteiger partial charge in [0.25, 0.3) is 0 Å². The van der Waals surface area contributed by atoms with Crippen LogP contribution in [-0.4, -0.2) is 37.2 Å². The molecule has 0 unspecified atom stereocenters. The lowest BCUT2D eigenvalue weighted by Crippen LogP contribution is -2.30. The average Bonchev–Trinajstić information content (AvgIpc) is 3.36. The molecular formula is C64H106O6. The molecule has 6 nitrogen and oxygen atoms in total. The summed E-state index contributed by atoms with van der Waals surface area (Å²) in [7, 11) is 0. The number of hydrogen-bond acceptors (Lipinski definition) is 6. The Hall–Kier alpha value is -3.93. The largest absolute Gasteiger partial charge is 0.462 e. The topological polar surface area (TPSA) is 78.9 Å². The monoisotopic (exact) mass is 971 g/mol. The highest BCUT2D eigenvalue weighted by molar-refractivity contribution is 5.71. The van der Waals surface area contributed by atoms with Gasteiger partial charge in [0.15, 0.2) is 6.10 Å². The van der Waals surface area contributed by atoms with Crippen LogP contribution in [0.3, 0.4) is 0 Å². The third-order valence-electron chi connectivity index (χ3n) is 12.0. The molecule has 0 heterocycles. The predicted octanol–water partition coefficient (Wildman–Crippen LogP) is 19.5. The molecule has 0 aromatic carbocycles. The molecule has 0 spiro atoms. The van der Waals surface area contributed by atoms with Crippen LogP contribution in [-0.2, 0) is 28.6 Å². The van der Waals surface area contributed by atoms with Crippen LogP contribution < -0.4 is 0 Å². The van der Waals surface area contributed by atoms with Gasteiger partial charge in [0.2, 0.25) is 0 Å². The van der Waals surface area contributed by atoms with Gasteiger partial charge in [0.1, 0.15) is 13.2 Å². The van der Waals surface area contributed by atoms with Gasteiger partial charge in [-0.1, -0.05) is 239 Å². The number of allylic oxidation sites excluding steroid dienone is 18. The second-order valence-electron chi connectivity index (χ2n) is 18.8. The Bertz CT molecular complexity index is 1440. The van der Waals surface area contributed by atoms with Crippen LogP contribution >= 0.6 is 0 Å². The van der Waals surface area contributed by atoms with Crippen molar-refractivity contribution < 1.29 is 28.6 Å². The van der Waals surface area contributed by atoms with E-state index in [1.165, 1.54) is 96.3 Å². The molecular weight excluding hydrogens is 865 g/mol. The van der Waals surface area contributed by atoms with Crippen molar-refractivity contribution in [3.8, 4) is 0 Å². The zero-order valence-corrected chi connectivity index (χ0v) is 45.5. The summed E-state index contributed by atoms with van der Waals surface area (Å²) < 4.78 is 16.8. The Labute approximate surface area is 431 Å². The van der Waals surface area contributed by atoms with Gasteiger partial charge in [-0.05, 0) is 109 Å².